The number of ether oxygens (including phenoxy) is 1. The average molecular weight is 345 g/mol. The molecule has 1 saturated heterocycles. The molecule has 0 radical (unpaired) electrons. The zero-order valence-corrected chi connectivity index (χ0v) is 13.8. The van der Waals surface area contributed by atoms with Crippen LogP contribution >= 0.6 is 0 Å². The second-order valence-corrected chi connectivity index (χ2v) is 5.83. The van der Waals surface area contributed by atoms with Gasteiger partial charge in [0.05, 0.1) is 19.8 Å². The van der Waals surface area contributed by atoms with Crippen LogP contribution in [0.5, 0.6) is 0 Å². The first-order valence-corrected chi connectivity index (χ1v) is 7.53. The largest absolute Gasteiger partial charge is 0.394 e. The molecule has 4 atom stereocenters. The minimum atomic E-state index is -1.40. The van der Waals surface area contributed by atoms with Crippen molar-refractivity contribution in [2.75, 3.05) is 27.3 Å². The Kier molecular flexibility index (Phi) is 5.91. The van der Waals surface area contributed by atoms with Gasteiger partial charge in [-0.15, -0.1) is 0 Å². The summed E-state index contributed by atoms with van der Waals surface area (Å²) in [5.74, 6) is 0. The van der Waals surface area contributed by atoms with Crippen molar-refractivity contribution in [3.63, 3.8) is 0 Å². The first kappa shape index (κ1) is 18.8. The van der Waals surface area contributed by atoms with Crippen LogP contribution in [0.3, 0.4) is 0 Å². The highest BCUT2D eigenvalue weighted by Gasteiger charge is 2.44. The quantitative estimate of drug-likeness (QED) is 0.480. The number of hydroxylamine groups is 2. The van der Waals surface area contributed by atoms with E-state index in [2.05, 4.69) is 0 Å². The molecule has 10 heteroatoms. The summed E-state index contributed by atoms with van der Waals surface area (Å²) in [5.41, 5.74) is -0.884. The molecule has 0 spiro atoms. The first-order chi connectivity index (χ1) is 11.3. The summed E-state index contributed by atoms with van der Waals surface area (Å²) in [4.78, 5) is 30.0. The normalized spacial score (nSPS) is 27.1. The topological polar surface area (TPSA) is 126 Å². The third-order valence-corrected chi connectivity index (χ3v) is 3.82. The van der Waals surface area contributed by atoms with Gasteiger partial charge in [0.15, 0.2) is 6.23 Å². The molecule has 10 nitrogen and oxygen atoms in total. The lowest BCUT2D eigenvalue weighted by molar-refractivity contribution is -0.122. The number of nitrogens with zero attached hydrogens (tertiary/aromatic N) is 3. The summed E-state index contributed by atoms with van der Waals surface area (Å²) in [6, 6.07) is 0. The minimum absolute atomic E-state index is 0.0202. The van der Waals surface area contributed by atoms with Gasteiger partial charge in [-0.25, -0.2) is 4.79 Å². The van der Waals surface area contributed by atoms with Crippen molar-refractivity contribution in [2.45, 2.75) is 38.0 Å². The maximum Gasteiger partial charge on any atom is 0.333 e. The Morgan fingerprint density at radius 1 is 1.29 bits per heavy atom. The van der Waals surface area contributed by atoms with E-state index in [1.54, 1.807) is 14.1 Å². The van der Waals surface area contributed by atoms with Crippen LogP contribution in [0.15, 0.2) is 15.8 Å². The van der Waals surface area contributed by atoms with E-state index in [0.29, 0.717) is 0 Å². The van der Waals surface area contributed by atoms with Gasteiger partial charge < -0.3 is 20.1 Å². The lowest BCUT2D eigenvalue weighted by Gasteiger charge is -2.20. The number of aliphatic hydroxyl groups is 3. The predicted octanol–water partition coefficient (Wildman–Crippen LogP) is -2.58. The molecule has 2 rings (SSSR count). The zero-order chi connectivity index (χ0) is 18.0. The van der Waals surface area contributed by atoms with Crippen LogP contribution in [0.25, 0.3) is 0 Å². The molecule has 136 valence electrons. The second-order valence-electron chi connectivity index (χ2n) is 5.83. The van der Waals surface area contributed by atoms with Crippen molar-refractivity contribution >= 4 is 0 Å². The van der Waals surface area contributed by atoms with E-state index < -0.39 is 42.4 Å². The van der Waals surface area contributed by atoms with Crippen molar-refractivity contribution in [3.8, 4) is 0 Å². The van der Waals surface area contributed by atoms with Gasteiger partial charge in [0.1, 0.15) is 18.3 Å². The van der Waals surface area contributed by atoms with E-state index in [0.717, 1.165) is 9.13 Å². The molecular formula is C14H23N3O7. The summed E-state index contributed by atoms with van der Waals surface area (Å²) < 4.78 is 7.38. The van der Waals surface area contributed by atoms with Crippen LogP contribution in [0.4, 0.5) is 0 Å². The van der Waals surface area contributed by atoms with Crippen molar-refractivity contribution in [1.82, 2.24) is 14.2 Å². The van der Waals surface area contributed by atoms with Crippen molar-refractivity contribution < 1.29 is 24.9 Å². The van der Waals surface area contributed by atoms with Gasteiger partial charge in [-0.3, -0.25) is 18.8 Å². The SMILES string of the molecule is Cc1cn([C@H]2O[C@@H](CO)C(O)C2O)c(=O)n(CCON(C)C)c1=O. The molecule has 1 aliphatic rings. The van der Waals surface area contributed by atoms with E-state index in [-0.39, 0.29) is 18.7 Å². The number of aliphatic hydroxyl groups excluding tert-OH is 3. The fourth-order valence-electron chi connectivity index (χ4n) is 2.56. The molecule has 0 aliphatic carbocycles. The molecule has 2 heterocycles. The number of aryl methyl sites for hydroxylation is 1. The Labute approximate surface area is 138 Å². The Balaban J connectivity index is 2.36. The minimum Gasteiger partial charge on any atom is -0.394 e. The molecule has 24 heavy (non-hydrogen) atoms. The average Bonchev–Trinajstić information content (AvgIpc) is 2.81. The smallest absolute Gasteiger partial charge is 0.333 e. The van der Waals surface area contributed by atoms with Crippen LogP contribution in [0.1, 0.15) is 11.8 Å². The standard InChI is InChI=1S/C14H23N3O7/c1-8-6-17(13-11(20)10(19)9(7-18)24-13)14(22)16(12(8)21)4-5-23-15(2)3/h6,9-11,13,18-20H,4-5,7H2,1-3H3/t9-,10?,11?,13-/m0/s1. The summed E-state index contributed by atoms with van der Waals surface area (Å²) in [6.07, 6.45) is -3.65. The summed E-state index contributed by atoms with van der Waals surface area (Å²) >= 11 is 0. The number of aromatic nitrogens is 2. The van der Waals surface area contributed by atoms with Gasteiger partial charge in [0, 0.05) is 25.9 Å². The number of hydrogen-bond acceptors (Lipinski definition) is 8. The molecule has 2 unspecified atom stereocenters. The van der Waals surface area contributed by atoms with Gasteiger partial charge >= 0.3 is 5.69 Å². The predicted molar refractivity (Wildman–Crippen MR) is 82.3 cm³/mol. The fourth-order valence-corrected chi connectivity index (χ4v) is 2.56. The summed E-state index contributed by atoms with van der Waals surface area (Å²) in [5, 5.41) is 30.5. The molecule has 0 amide bonds. The van der Waals surface area contributed by atoms with E-state index >= 15 is 0 Å². The highest BCUT2D eigenvalue weighted by Crippen LogP contribution is 2.27. The van der Waals surface area contributed by atoms with Gasteiger partial charge in [-0.05, 0) is 6.92 Å². The molecule has 1 aromatic rings. The maximum atomic E-state index is 12.6. The fraction of sp³-hybridized carbons (Fsp3) is 0.714. The molecule has 1 aromatic heterocycles. The maximum absolute atomic E-state index is 12.6. The highest BCUT2D eigenvalue weighted by atomic mass is 16.7. The van der Waals surface area contributed by atoms with Gasteiger partial charge in [0.2, 0.25) is 0 Å². The highest BCUT2D eigenvalue weighted by molar-refractivity contribution is 5.05. The third kappa shape index (κ3) is 3.58. The lowest BCUT2D eigenvalue weighted by Crippen LogP contribution is -2.45. The van der Waals surface area contributed by atoms with Crippen LogP contribution < -0.4 is 11.2 Å². The monoisotopic (exact) mass is 345 g/mol. The third-order valence-electron chi connectivity index (χ3n) is 3.82. The van der Waals surface area contributed by atoms with Crippen LogP contribution in [-0.2, 0) is 16.1 Å². The van der Waals surface area contributed by atoms with Gasteiger partial charge in [-0.1, -0.05) is 0 Å². The van der Waals surface area contributed by atoms with E-state index in [9.17, 15) is 19.8 Å². The van der Waals surface area contributed by atoms with Crippen LogP contribution in [0.2, 0.25) is 0 Å². The molecule has 0 bridgehead atoms. The second kappa shape index (κ2) is 7.55. The summed E-state index contributed by atoms with van der Waals surface area (Å²) in [6.45, 7) is 1.16. The Hall–Kier alpha value is -1.56. The molecular weight excluding hydrogens is 322 g/mol. The molecule has 0 aromatic carbocycles. The van der Waals surface area contributed by atoms with E-state index in [1.165, 1.54) is 18.2 Å². The van der Waals surface area contributed by atoms with Crippen molar-refractivity contribution in [2.24, 2.45) is 0 Å². The molecule has 0 saturated carbocycles. The Bertz CT molecular complexity index is 684. The van der Waals surface area contributed by atoms with Gasteiger partial charge in [0.25, 0.3) is 5.56 Å². The van der Waals surface area contributed by atoms with Crippen molar-refractivity contribution in [1.29, 1.82) is 0 Å². The van der Waals surface area contributed by atoms with Gasteiger partial charge in [-0.2, -0.15) is 5.06 Å². The number of hydrogen-bond donors (Lipinski definition) is 3. The van der Waals surface area contributed by atoms with Crippen molar-refractivity contribution in [3.05, 3.63) is 32.6 Å². The van der Waals surface area contributed by atoms with Crippen LogP contribution in [0, 0.1) is 6.92 Å². The van der Waals surface area contributed by atoms with E-state index in [4.69, 9.17) is 14.7 Å². The molecule has 3 N–H and O–H groups in total. The first-order valence-electron chi connectivity index (χ1n) is 7.53. The molecule has 1 fully saturated rings. The van der Waals surface area contributed by atoms with Crippen LogP contribution in [-0.4, -0.2) is 75.1 Å². The number of rotatable bonds is 6. The summed E-state index contributed by atoms with van der Waals surface area (Å²) in [7, 11) is 3.35. The molecule has 1 aliphatic heterocycles. The Morgan fingerprint density at radius 2 is 1.96 bits per heavy atom. The Morgan fingerprint density at radius 3 is 2.50 bits per heavy atom. The lowest BCUT2D eigenvalue weighted by atomic mass is 10.1. The zero-order valence-electron chi connectivity index (χ0n) is 13.8. The van der Waals surface area contributed by atoms with E-state index in [1.807, 2.05) is 0 Å².